The van der Waals surface area contributed by atoms with Crippen molar-refractivity contribution < 1.29 is 43.6 Å². The Bertz CT molecular complexity index is 277. The molecular formula is C7H5NaO3S. The number of thiol groups is 1. The predicted octanol–water partition coefficient (Wildman–Crippen LogP) is -2.72. The van der Waals surface area contributed by atoms with Crippen molar-refractivity contribution in [1.82, 2.24) is 0 Å². The van der Waals surface area contributed by atoms with Crippen LogP contribution in [0, 0.1) is 0 Å². The zero-order chi connectivity index (χ0) is 8.27. The van der Waals surface area contributed by atoms with Gasteiger partial charge in [0.1, 0.15) is 5.75 Å². The normalized spacial score (nSPS) is 8.42. The van der Waals surface area contributed by atoms with E-state index >= 15 is 0 Å². The number of hydrogen-bond acceptors (Lipinski definition) is 4. The Labute approximate surface area is 97.6 Å². The van der Waals surface area contributed by atoms with Gasteiger partial charge in [-0.25, -0.2) is 0 Å². The molecule has 0 heterocycles. The number of hydrogen-bond donors (Lipinski definition) is 1. The first kappa shape index (κ1) is 11.8. The van der Waals surface area contributed by atoms with E-state index in [0.717, 1.165) is 0 Å². The Morgan fingerprint density at radius 3 is 2.42 bits per heavy atom. The molecule has 12 heavy (non-hydrogen) atoms. The second-order valence-corrected chi connectivity index (χ2v) is 2.06. The van der Waals surface area contributed by atoms with Gasteiger partial charge in [0.05, 0.1) is 5.97 Å². The smallest absolute Gasteiger partial charge is 0.545 e. The molecule has 0 bridgehead atoms. The molecule has 0 amide bonds. The fourth-order valence-corrected chi connectivity index (χ4v) is 0.874. The van der Waals surface area contributed by atoms with E-state index in [-0.39, 0.29) is 40.9 Å². The third-order valence-corrected chi connectivity index (χ3v) is 1.40. The Kier molecular flexibility index (Phi) is 5.41. The van der Waals surface area contributed by atoms with E-state index in [2.05, 4.69) is 17.1 Å². The standard InChI is InChI=1S/C7H6O3S.Na/c8-7(9)5-3-1-2-4-6(5)10-11;/h1-4,11H,(H,8,9);/q;+1/p-1. The Hall–Kier alpha value is -0.160. The van der Waals surface area contributed by atoms with Gasteiger partial charge in [-0.1, -0.05) is 12.1 Å². The van der Waals surface area contributed by atoms with Crippen LogP contribution in [0.1, 0.15) is 10.4 Å². The first-order valence-electron chi connectivity index (χ1n) is 2.87. The molecule has 3 nitrogen and oxygen atoms in total. The number of benzene rings is 1. The van der Waals surface area contributed by atoms with E-state index in [1.54, 1.807) is 12.1 Å². The van der Waals surface area contributed by atoms with Gasteiger partial charge in [-0.05, 0) is 12.1 Å². The van der Waals surface area contributed by atoms with Crippen LogP contribution in [0.5, 0.6) is 5.75 Å². The fourth-order valence-electron chi connectivity index (χ4n) is 0.715. The minimum Gasteiger partial charge on any atom is -0.545 e. The average molecular weight is 192 g/mol. The van der Waals surface area contributed by atoms with Crippen LogP contribution in [-0.2, 0) is 0 Å². The third-order valence-electron chi connectivity index (χ3n) is 1.21. The molecule has 1 aromatic rings. The predicted molar refractivity (Wildman–Crippen MR) is 40.4 cm³/mol. The average Bonchev–Trinajstić information content (AvgIpc) is 2.04. The van der Waals surface area contributed by atoms with E-state index in [0.29, 0.717) is 0 Å². The first-order valence-corrected chi connectivity index (χ1v) is 3.24. The quantitative estimate of drug-likeness (QED) is 0.314. The van der Waals surface area contributed by atoms with Crippen LogP contribution in [0.15, 0.2) is 24.3 Å². The zero-order valence-corrected chi connectivity index (χ0v) is 9.38. The van der Waals surface area contributed by atoms with Gasteiger partial charge in [-0.2, -0.15) is 0 Å². The maximum atomic E-state index is 10.4. The van der Waals surface area contributed by atoms with Gasteiger partial charge >= 0.3 is 29.6 Å². The van der Waals surface area contributed by atoms with Gasteiger partial charge in [0, 0.05) is 18.5 Å². The molecule has 58 valence electrons. The van der Waals surface area contributed by atoms with Gasteiger partial charge in [0.2, 0.25) is 0 Å². The number of carboxylic acid groups (broad SMARTS) is 1. The van der Waals surface area contributed by atoms with Crippen molar-refractivity contribution in [1.29, 1.82) is 0 Å². The summed E-state index contributed by atoms with van der Waals surface area (Å²) in [5.74, 6) is -1.08. The van der Waals surface area contributed by atoms with Crippen LogP contribution in [0.2, 0.25) is 0 Å². The number of carboxylic acids is 1. The number of aromatic carboxylic acids is 1. The molecule has 0 aliphatic heterocycles. The summed E-state index contributed by atoms with van der Waals surface area (Å²) in [4.78, 5) is 10.4. The van der Waals surface area contributed by atoms with E-state index in [1.165, 1.54) is 12.1 Å². The molecule has 0 atom stereocenters. The number of carbonyl (C=O) groups is 1. The third kappa shape index (κ3) is 2.71. The molecule has 1 aromatic carbocycles. The molecule has 0 aliphatic carbocycles. The summed E-state index contributed by atoms with van der Waals surface area (Å²) in [6.45, 7) is 0. The van der Waals surface area contributed by atoms with Gasteiger partial charge in [-0.15, -0.1) is 0 Å². The second-order valence-electron chi connectivity index (χ2n) is 1.87. The summed E-state index contributed by atoms with van der Waals surface area (Å²) in [5.41, 5.74) is 0.00231. The van der Waals surface area contributed by atoms with E-state index in [4.69, 9.17) is 0 Å². The summed E-state index contributed by atoms with van der Waals surface area (Å²) in [7, 11) is 0. The zero-order valence-electron chi connectivity index (χ0n) is 6.48. The van der Waals surface area contributed by atoms with Crippen molar-refractivity contribution in [2.75, 3.05) is 0 Å². The minimum absolute atomic E-state index is 0. The van der Waals surface area contributed by atoms with Gasteiger partial charge in [0.15, 0.2) is 0 Å². The number of para-hydroxylation sites is 1. The molecule has 0 spiro atoms. The topological polar surface area (TPSA) is 49.4 Å². The van der Waals surface area contributed by atoms with Crippen molar-refractivity contribution in [2.45, 2.75) is 0 Å². The molecule has 0 aromatic heterocycles. The molecule has 0 N–H and O–H groups in total. The minimum atomic E-state index is -1.27. The molecule has 0 unspecified atom stereocenters. The molecule has 0 saturated heterocycles. The van der Waals surface area contributed by atoms with Gasteiger partial charge < -0.3 is 14.1 Å². The monoisotopic (exact) mass is 192 g/mol. The fraction of sp³-hybridized carbons (Fsp3) is 0. The summed E-state index contributed by atoms with van der Waals surface area (Å²) >= 11 is 3.48. The second kappa shape index (κ2) is 5.48. The SMILES string of the molecule is O=C([O-])c1ccccc1OS.[Na+]. The molecule has 5 heteroatoms. The van der Waals surface area contributed by atoms with Crippen molar-refractivity contribution in [3.63, 3.8) is 0 Å². The number of carbonyl (C=O) groups excluding carboxylic acids is 1. The van der Waals surface area contributed by atoms with Crippen LogP contribution in [0.25, 0.3) is 0 Å². The van der Waals surface area contributed by atoms with E-state index in [1.807, 2.05) is 0 Å². The molecule has 0 aliphatic rings. The Morgan fingerprint density at radius 1 is 1.42 bits per heavy atom. The molecule has 0 fully saturated rings. The molecular weight excluding hydrogens is 187 g/mol. The van der Waals surface area contributed by atoms with E-state index in [9.17, 15) is 9.90 Å². The van der Waals surface area contributed by atoms with Crippen LogP contribution >= 0.6 is 12.9 Å². The van der Waals surface area contributed by atoms with Gasteiger partial charge in [-0.3, -0.25) is 0 Å². The maximum absolute atomic E-state index is 10.4. The van der Waals surface area contributed by atoms with Crippen molar-refractivity contribution in [2.24, 2.45) is 0 Å². The molecule has 0 saturated carbocycles. The van der Waals surface area contributed by atoms with Crippen LogP contribution < -0.4 is 38.8 Å². The summed E-state index contributed by atoms with van der Waals surface area (Å²) < 4.78 is 4.48. The molecule has 1 rings (SSSR count). The summed E-state index contributed by atoms with van der Waals surface area (Å²) in [6, 6.07) is 6.12. The summed E-state index contributed by atoms with van der Waals surface area (Å²) in [6.07, 6.45) is 0. The van der Waals surface area contributed by atoms with Crippen LogP contribution in [0.3, 0.4) is 0 Å². The van der Waals surface area contributed by atoms with Gasteiger partial charge in [0.25, 0.3) is 0 Å². The van der Waals surface area contributed by atoms with Crippen molar-refractivity contribution >= 4 is 18.9 Å². The maximum Gasteiger partial charge on any atom is 1.00 e. The Balaban J connectivity index is 0.00000121. The Morgan fingerprint density at radius 2 is 2.00 bits per heavy atom. The molecule has 0 radical (unpaired) electrons. The van der Waals surface area contributed by atoms with E-state index < -0.39 is 5.97 Å². The van der Waals surface area contributed by atoms with Crippen LogP contribution in [-0.4, -0.2) is 5.97 Å². The van der Waals surface area contributed by atoms with Crippen molar-refractivity contribution in [3.05, 3.63) is 29.8 Å². The van der Waals surface area contributed by atoms with Crippen LogP contribution in [0.4, 0.5) is 0 Å². The largest absolute Gasteiger partial charge is 1.00 e. The first-order chi connectivity index (χ1) is 5.25. The summed E-state index contributed by atoms with van der Waals surface area (Å²) in [5, 5.41) is 10.4. The van der Waals surface area contributed by atoms with Crippen molar-refractivity contribution in [3.8, 4) is 5.75 Å². The number of rotatable bonds is 2.